The minimum atomic E-state index is -0.412. The van der Waals surface area contributed by atoms with E-state index in [-0.39, 0.29) is 5.91 Å². The monoisotopic (exact) mass is 278 g/mol. The zero-order chi connectivity index (χ0) is 14.1. The van der Waals surface area contributed by atoms with Gasteiger partial charge in [0.15, 0.2) is 0 Å². The number of hydrogen-bond acceptors (Lipinski definition) is 5. The summed E-state index contributed by atoms with van der Waals surface area (Å²) in [4.78, 5) is 22.8. The second kappa shape index (κ2) is 8.16. The van der Waals surface area contributed by atoms with E-state index in [0.717, 1.165) is 0 Å². The third-order valence-electron chi connectivity index (χ3n) is 2.18. The standard InChI is InChI=1S/C13H14N2O3S/c1-18-13(17)10-3-5-11(6-4-10)15-12(16)9-19-8-2-7-14/h3-6H,2,8-9H2,1H3,(H,15,16). The van der Waals surface area contributed by atoms with Crippen molar-refractivity contribution in [2.24, 2.45) is 0 Å². The van der Waals surface area contributed by atoms with Gasteiger partial charge in [-0.05, 0) is 24.3 Å². The van der Waals surface area contributed by atoms with Crippen LogP contribution in [0.3, 0.4) is 0 Å². The van der Waals surface area contributed by atoms with E-state index in [9.17, 15) is 9.59 Å². The fourth-order valence-electron chi connectivity index (χ4n) is 1.29. The summed E-state index contributed by atoms with van der Waals surface area (Å²) in [5, 5.41) is 11.1. The molecule has 0 saturated carbocycles. The SMILES string of the molecule is COC(=O)c1ccc(NC(=O)CSCCC#N)cc1. The van der Waals surface area contributed by atoms with Gasteiger partial charge in [0.05, 0.1) is 24.5 Å². The molecule has 0 aliphatic carbocycles. The van der Waals surface area contributed by atoms with Gasteiger partial charge in [-0.3, -0.25) is 4.79 Å². The highest BCUT2D eigenvalue weighted by molar-refractivity contribution is 7.99. The number of nitrogens with zero attached hydrogens (tertiary/aromatic N) is 1. The van der Waals surface area contributed by atoms with Gasteiger partial charge in [0.2, 0.25) is 5.91 Å². The second-order valence-electron chi connectivity index (χ2n) is 3.58. The van der Waals surface area contributed by atoms with Gasteiger partial charge in [-0.25, -0.2) is 4.79 Å². The van der Waals surface area contributed by atoms with E-state index in [4.69, 9.17) is 5.26 Å². The van der Waals surface area contributed by atoms with Gasteiger partial charge < -0.3 is 10.1 Å². The lowest BCUT2D eigenvalue weighted by atomic mass is 10.2. The number of nitriles is 1. The van der Waals surface area contributed by atoms with Crippen LogP contribution in [0.25, 0.3) is 0 Å². The Morgan fingerprint density at radius 1 is 1.37 bits per heavy atom. The number of amides is 1. The molecular formula is C13H14N2O3S. The quantitative estimate of drug-likeness (QED) is 0.636. The first-order chi connectivity index (χ1) is 9.17. The van der Waals surface area contributed by atoms with Gasteiger partial charge in [-0.15, -0.1) is 0 Å². The predicted octanol–water partition coefficient (Wildman–Crippen LogP) is 2.06. The molecule has 1 N–H and O–H groups in total. The number of hydrogen-bond donors (Lipinski definition) is 1. The molecule has 5 nitrogen and oxygen atoms in total. The molecule has 1 rings (SSSR count). The summed E-state index contributed by atoms with van der Waals surface area (Å²) in [6.45, 7) is 0. The number of thioether (sulfide) groups is 1. The number of esters is 1. The molecule has 0 fully saturated rings. The molecular weight excluding hydrogens is 264 g/mol. The summed E-state index contributed by atoms with van der Waals surface area (Å²) in [7, 11) is 1.32. The van der Waals surface area contributed by atoms with Gasteiger partial charge in [-0.1, -0.05) is 0 Å². The summed E-state index contributed by atoms with van der Waals surface area (Å²) >= 11 is 1.41. The van der Waals surface area contributed by atoms with Crippen LogP contribution in [-0.2, 0) is 9.53 Å². The summed E-state index contributed by atoms with van der Waals surface area (Å²) in [5.74, 6) is 0.407. The van der Waals surface area contributed by atoms with E-state index in [0.29, 0.717) is 29.2 Å². The molecule has 0 aliphatic heterocycles. The molecule has 0 atom stereocenters. The van der Waals surface area contributed by atoms with Crippen molar-refractivity contribution in [2.75, 3.05) is 23.9 Å². The summed E-state index contributed by atoms with van der Waals surface area (Å²) < 4.78 is 4.58. The molecule has 0 bridgehead atoms. The Morgan fingerprint density at radius 3 is 2.63 bits per heavy atom. The van der Waals surface area contributed by atoms with Crippen molar-refractivity contribution in [3.63, 3.8) is 0 Å². The fourth-order valence-corrected chi connectivity index (χ4v) is 1.92. The van der Waals surface area contributed by atoms with Crippen molar-refractivity contribution in [2.45, 2.75) is 6.42 Å². The van der Waals surface area contributed by atoms with E-state index < -0.39 is 5.97 Å². The first kappa shape index (κ1) is 15.1. The van der Waals surface area contributed by atoms with Gasteiger partial charge in [0, 0.05) is 17.9 Å². The van der Waals surface area contributed by atoms with E-state index in [1.165, 1.54) is 18.9 Å². The van der Waals surface area contributed by atoms with E-state index in [1.54, 1.807) is 24.3 Å². The molecule has 0 spiro atoms. The molecule has 1 aromatic rings. The lowest BCUT2D eigenvalue weighted by Crippen LogP contribution is -2.14. The Labute approximate surface area is 115 Å². The number of carbonyl (C=O) groups excluding carboxylic acids is 2. The average molecular weight is 278 g/mol. The molecule has 1 amide bonds. The molecule has 0 aliphatic rings. The van der Waals surface area contributed by atoms with Crippen LogP contribution in [0, 0.1) is 11.3 Å². The van der Waals surface area contributed by atoms with Crippen molar-refractivity contribution in [1.29, 1.82) is 5.26 Å². The third kappa shape index (κ3) is 5.44. The highest BCUT2D eigenvalue weighted by Gasteiger charge is 2.06. The maximum absolute atomic E-state index is 11.5. The zero-order valence-electron chi connectivity index (χ0n) is 10.5. The minimum absolute atomic E-state index is 0.131. The third-order valence-corrected chi connectivity index (χ3v) is 3.14. The van der Waals surface area contributed by atoms with E-state index in [2.05, 4.69) is 10.1 Å². The van der Waals surface area contributed by atoms with Crippen molar-refractivity contribution in [3.8, 4) is 6.07 Å². The lowest BCUT2D eigenvalue weighted by molar-refractivity contribution is -0.113. The Balaban J connectivity index is 2.43. The van der Waals surface area contributed by atoms with Crippen molar-refractivity contribution >= 4 is 29.3 Å². The highest BCUT2D eigenvalue weighted by Crippen LogP contribution is 2.11. The predicted molar refractivity (Wildman–Crippen MR) is 74.0 cm³/mol. The van der Waals surface area contributed by atoms with Crippen LogP contribution in [0.15, 0.2) is 24.3 Å². The largest absolute Gasteiger partial charge is 0.465 e. The van der Waals surface area contributed by atoms with Crippen molar-refractivity contribution in [3.05, 3.63) is 29.8 Å². The van der Waals surface area contributed by atoms with Crippen LogP contribution < -0.4 is 5.32 Å². The van der Waals surface area contributed by atoms with Crippen LogP contribution in [0.5, 0.6) is 0 Å². The minimum Gasteiger partial charge on any atom is -0.465 e. The Hall–Kier alpha value is -2.00. The molecule has 19 heavy (non-hydrogen) atoms. The molecule has 0 unspecified atom stereocenters. The van der Waals surface area contributed by atoms with E-state index in [1.807, 2.05) is 6.07 Å². The molecule has 1 aromatic carbocycles. The maximum atomic E-state index is 11.5. The lowest BCUT2D eigenvalue weighted by Gasteiger charge is -2.05. The average Bonchev–Trinajstić information content (AvgIpc) is 2.43. The molecule has 100 valence electrons. The number of nitrogens with one attached hydrogen (secondary N) is 1. The molecule has 0 saturated heterocycles. The molecule has 0 heterocycles. The fraction of sp³-hybridized carbons (Fsp3) is 0.308. The molecule has 0 radical (unpaired) electrons. The highest BCUT2D eigenvalue weighted by atomic mass is 32.2. The van der Waals surface area contributed by atoms with Crippen LogP contribution in [0.4, 0.5) is 5.69 Å². The number of rotatable bonds is 6. The summed E-state index contributed by atoms with van der Waals surface area (Å²) in [6, 6.07) is 8.48. The summed E-state index contributed by atoms with van der Waals surface area (Å²) in [6.07, 6.45) is 0.436. The second-order valence-corrected chi connectivity index (χ2v) is 4.68. The molecule has 6 heteroatoms. The van der Waals surface area contributed by atoms with Crippen LogP contribution >= 0.6 is 11.8 Å². The van der Waals surface area contributed by atoms with Crippen molar-refractivity contribution in [1.82, 2.24) is 0 Å². The van der Waals surface area contributed by atoms with Crippen LogP contribution in [0.1, 0.15) is 16.8 Å². The van der Waals surface area contributed by atoms with Crippen LogP contribution in [-0.4, -0.2) is 30.5 Å². The van der Waals surface area contributed by atoms with Crippen LogP contribution in [0.2, 0.25) is 0 Å². The molecule has 0 aromatic heterocycles. The first-order valence-electron chi connectivity index (χ1n) is 5.60. The van der Waals surface area contributed by atoms with Gasteiger partial charge in [-0.2, -0.15) is 17.0 Å². The number of methoxy groups -OCH3 is 1. The van der Waals surface area contributed by atoms with Crippen molar-refractivity contribution < 1.29 is 14.3 Å². The Morgan fingerprint density at radius 2 is 2.05 bits per heavy atom. The Kier molecular flexibility index (Phi) is 6.47. The van der Waals surface area contributed by atoms with E-state index >= 15 is 0 Å². The van der Waals surface area contributed by atoms with Gasteiger partial charge in [0.1, 0.15) is 0 Å². The number of benzene rings is 1. The normalized spacial score (nSPS) is 9.47. The topological polar surface area (TPSA) is 79.2 Å². The van der Waals surface area contributed by atoms with Gasteiger partial charge >= 0.3 is 5.97 Å². The first-order valence-corrected chi connectivity index (χ1v) is 6.75. The smallest absolute Gasteiger partial charge is 0.337 e. The number of carbonyl (C=O) groups is 2. The number of ether oxygens (including phenoxy) is 1. The number of anilines is 1. The van der Waals surface area contributed by atoms with Gasteiger partial charge in [0.25, 0.3) is 0 Å². The zero-order valence-corrected chi connectivity index (χ0v) is 11.3. The summed E-state index contributed by atoms with van der Waals surface area (Å²) in [5.41, 5.74) is 1.06. The maximum Gasteiger partial charge on any atom is 0.337 e. The Bertz CT molecular complexity index is 480.